The minimum atomic E-state index is -0.952. The van der Waals surface area contributed by atoms with Crippen LogP contribution in [-0.4, -0.2) is 16.4 Å². The summed E-state index contributed by atoms with van der Waals surface area (Å²) in [6.45, 7) is 0. The van der Waals surface area contributed by atoms with Gasteiger partial charge in [-0.05, 0) is 54.1 Å². The van der Waals surface area contributed by atoms with Crippen LogP contribution in [0.25, 0.3) is 0 Å². The van der Waals surface area contributed by atoms with Crippen LogP contribution in [0.15, 0.2) is 72.8 Å². The number of carbonyl (C=O) groups excluding carboxylic acids is 1. The van der Waals surface area contributed by atoms with E-state index in [4.69, 9.17) is 16.3 Å². The number of rotatable bonds is 6. The standard InChI is InChI=1S/C21H18ClNO3S/c1-27(25)14-15-5-4-6-16(13-15)21(24)23-17-9-11-18(12-10-17)26-20-8-3-2-7-19(20)22/h2-13H,14H2,1H3,(H,23,24). The highest BCUT2D eigenvalue weighted by Crippen LogP contribution is 2.29. The lowest BCUT2D eigenvalue weighted by Crippen LogP contribution is -2.12. The summed E-state index contributed by atoms with van der Waals surface area (Å²) in [5.74, 6) is 1.39. The third-order valence-corrected chi connectivity index (χ3v) is 4.79. The van der Waals surface area contributed by atoms with Gasteiger partial charge in [0.05, 0.1) is 5.02 Å². The molecule has 6 heteroatoms. The molecule has 0 bridgehead atoms. The van der Waals surface area contributed by atoms with Crippen LogP contribution in [0.5, 0.6) is 11.5 Å². The third kappa shape index (κ3) is 5.42. The second-order valence-electron chi connectivity index (χ2n) is 5.93. The Hall–Kier alpha value is -2.63. The zero-order chi connectivity index (χ0) is 19.2. The first-order chi connectivity index (χ1) is 13.0. The van der Waals surface area contributed by atoms with Crippen molar-refractivity contribution >= 4 is 34.0 Å². The van der Waals surface area contributed by atoms with E-state index in [0.29, 0.717) is 33.5 Å². The maximum absolute atomic E-state index is 12.4. The number of para-hydroxylation sites is 1. The molecule has 4 nitrogen and oxygen atoms in total. The number of nitrogens with one attached hydrogen (secondary N) is 1. The Morgan fingerprint density at radius 1 is 1.04 bits per heavy atom. The second-order valence-corrected chi connectivity index (χ2v) is 7.77. The molecule has 27 heavy (non-hydrogen) atoms. The minimum absolute atomic E-state index is 0.224. The number of halogens is 1. The summed E-state index contributed by atoms with van der Waals surface area (Å²) in [5.41, 5.74) is 2.04. The van der Waals surface area contributed by atoms with Gasteiger partial charge in [0, 0.05) is 34.1 Å². The molecule has 0 spiro atoms. The maximum Gasteiger partial charge on any atom is 0.255 e. The molecule has 0 aliphatic rings. The van der Waals surface area contributed by atoms with E-state index in [1.54, 1.807) is 60.9 Å². The molecule has 0 radical (unpaired) electrons. The molecule has 3 aromatic rings. The molecule has 138 valence electrons. The van der Waals surface area contributed by atoms with Crippen LogP contribution < -0.4 is 10.1 Å². The molecule has 0 fully saturated rings. The minimum Gasteiger partial charge on any atom is -0.456 e. The second kappa shape index (κ2) is 8.84. The number of benzene rings is 3. The molecule has 1 amide bonds. The molecule has 1 N–H and O–H groups in total. The SMILES string of the molecule is CS(=O)Cc1cccc(C(=O)Nc2ccc(Oc3ccccc3Cl)cc2)c1. The van der Waals surface area contributed by atoms with Crippen molar-refractivity contribution in [3.05, 3.63) is 88.9 Å². The van der Waals surface area contributed by atoms with Gasteiger partial charge in [0.2, 0.25) is 0 Å². The molecule has 0 aliphatic heterocycles. The summed E-state index contributed by atoms with van der Waals surface area (Å²) in [6, 6.07) is 21.4. The topological polar surface area (TPSA) is 55.4 Å². The molecule has 0 heterocycles. The number of ether oxygens (including phenoxy) is 1. The van der Waals surface area contributed by atoms with E-state index >= 15 is 0 Å². The molecule has 3 aromatic carbocycles. The van der Waals surface area contributed by atoms with Gasteiger partial charge in [-0.1, -0.05) is 35.9 Å². The Balaban J connectivity index is 1.67. The fourth-order valence-corrected chi connectivity index (χ4v) is 3.32. The molecule has 3 rings (SSSR count). The van der Waals surface area contributed by atoms with E-state index in [1.807, 2.05) is 18.2 Å². The predicted octanol–water partition coefficient (Wildman–Crippen LogP) is 5.26. The highest BCUT2D eigenvalue weighted by molar-refractivity contribution is 7.83. The Bertz CT molecular complexity index is 973. The van der Waals surface area contributed by atoms with Crippen LogP contribution in [0.3, 0.4) is 0 Å². The van der Waals surface area contributed by atoms with Gasteiger partial charge in [-0.2, -0.15) is 0 Å². The van der Waals surface area contributed by atoms with E-state index in [1.165, 1.54) is 0 Å². The fourth-order valence-electron chi connectivity index (χ4n) is 2.50. The van der Waals surface area contributed by atoms with Crippen LogP contribution >= 0.6 is 11.6 Å². The van der Waals surface area contributed by atoms with Gasteiger partial charge in [-0.15, -0.1) is 0 Å². The van der Waals surface area contributed by atoms with Crippen LogP contribution in [0, 0.1) is 0 Å². The number of hydrogen-bond acceptors (Lipinski definition) is 3. The average Bonchev–Trinajstić information content (AvgIpc) is 2.65. The van der Waals surface area contributed by atoms with Crippen molar-refractivity contribution in [2.45, 2.75) is 5.75 Å². The summed E-state index contributed by atoms with van der Waals surface area (Å²) < 4.78 is 17.1. The monoisotopic (exact) mass is 399 g/mol. The van der Waals surface area contributed by atoms with Crippen molar-refractivity contribution in [3.63, 3.8) is 0 Å². The molecular weight excluding hydrogens is 382 g/mol. The molecule has 0 saturated carbocycles. The maximum atomic E-state index is 12.4. The highest BCUT2D eigenvalue weighted by atomic mass is 35.5. The van der Waals surface area contributed by atoms with Crippen molar-refractivity contribution in [1.82, 2.24) is 0 Å². The zero-order valence-electron chi connectivity index (χ0n) is 14.6. The molecule has 0 aromatic heterocycles. The summed E-state index contributed by atoms with van der Waals surface area (Å²) >= 11 is 6.09. The van der Waals surface area contributed by atoms with Crippen LogP contribution in [0.4, 0.5) is 5.69 Å². The van der Waals surface area contributed by atoms with Gasteiger partial charge in [-0.25, -0.2) is 0 Å². The Labute approximate surface area is 165 Å². The average molecular weight is 400 g/mol. The summed E-state index contributed by atoms with van der Waals surface area (Å²) in [4.78, 5) is 12.4. The van der Waals surface area contributed by atoms with Gasteiger partial charge in [0.15, 0.2) is 0 Å². The fraction of sp³-hybridized carbons (Fsp3) is 0.0952. The van der Waals surface area contributed by atoms with Gasteiger partial charge in [-0.3, -0.25) is 9.00 Å². The smallest absolute Gasteiger partial charge is 0.255 e. The number of amides is 1. The van der Waals surface area contributed by atoms with Gasteiger partial charge < -0.3 is 10.1 Å². The quantitative estimate of drug-likeness (QED) is 0.614. The summed E-state index contributed by atoms with van der Waals surface area (Å²) in [5, 5.41) is 3.38. The van der Waals surface area contributed by atoms with Crippen LogP contribution in [-0.2, 0) is 16.6 Å². The largest absolute Gasteiger partial charge is 0.456 e. The number of anilines is 1. The Kier molecular flexibility index (Phi) is 6.27. The highest BCUT2D eigenvalue weighted by Gasteiger charge is 2.08. The van der Waals surface area contributed by atoms with Crippen LogP contribution in [0.1, 0.15) is 15.9 Å². The predicted molar refractivity (Wildman–Crippen MR) is 110 cm³/mol. The molecular formula is C21H18ClNO3S. The van der Waals surface area contributed by atoms with E-state index in [2.05, 4.69) is 5.32 Å². The Morgan fingerprint density at radius 2 is 1.78 bits per heavy atom. The van der Waals surface area contributed by atoms with Gasteiger partial charge in [0.1, 0.15) is 11.5 Å². The lowest BCUT2D eigenvalue weighted by atomic mass is 10.1. The number of hydrogen-bond donors (Lipinski definition) is 1. The Morgan fingerprint density at radius 3 is 2.48 bits per heavy atom. The van der Waals surface area contributed by atoms with Crippen LogP contribution in [0.2, 0.25) is 5.02 Å². The first-order valence-electron chi connectivity index (χ1n) is 8.24. The third-order valence-electron chi connectivity index (χ3n) is 3.74. The first kappa shape index (κ1) is 19.1. The lowest BCUT2D eigenvalue weighted by Gasteiger charge is -2.09. The van der Waals surface area contributed by atoms with Gasteiger partial charge in [0.25, 0.3) is 5.91 Å². The molecule has 0 saturated heterocycles. The first-order valence-corrected chi connectivity index (χ1v) is 10.3. The van der Waals surface area contributed by atoms with Crippen molar-refractivity contribution in [2.75, 3.05) is 11.6 Å². The lowest BCUT2D eigenvalue weighted by molar-refractivity contribution is 0.102. The molecule has 1 atom stereocenters. The summed E-state index contributed by atoms with van der Waals surface area (Å²) in [6.07, 6.45) is 1.64. The van der Waals surface area contributed by atoms with E-state index in [9.17, 15) is 9.00 Å². The normalized spacial score (nSPS) is 11.6. The van der Waals surface area contributed by atoms with Crippen molar-refractivity contribution in [1.29, 1.82) is 0 Å². The zero-order valence-corrected chi connectivity index (χ0v) is 16.2. The van der Waals surface area contributed by atoms with Crippen molar-refractivity contribution < 1.29 is 13.7 Å². The van der Waals surface area contributed by atoms with E-state index in [0.717, 1.165) is 5.56 Å². The summed E-state index contributed by atoms with van der Waals surface area (Å²) in [7, 11) is -0.952. The molecule has 0 aliphatic carbocycles. The van der Waals surface area contributed by atoms with E-state index in [-0.39, 0.29) is 5.91 Å². The van der Waals surface area contributed by atoms with E-state index < -0.39 is 10.8 Å². The number of carbonyl (C=O) groups is 1. The van der Waals surface area contributed by atoms with Crippen molar-refractivity contribution in [3.8, 4) is 11.5 Å². The van der Waals surface area contributed by atoms with Crippen molar-refractivity contribution in [2.24, 2.45) is 0 Å². The van der Waals surface area contributed by atoms with Gasteiger partial charge >= 0.3 is 0 Å². The molecule has 1 unspecified atom stereocenters.